The fourth-order valence-electron chi connectivity index (χ4n) is 2.48. The average molecular weight is 283 g/mol. The van der Waals surface area contributed by atoms with Crippen molar-refractivity contribution < 1.29 is 0 Å². The van der Waals surface area contributed by atoms with Crippen molar-refractivity contribution in [2.75, 3.05) is 12.3 Å². The Bertz CT molecular complexity index is 525. The zero-order chi connectivity index (χ0) is 14.9. The first-order valence-electron chi connectivity index (χ1n) is 7.75. The lowest BCUT2D eigenvalue weighted by atomic mass is 9.99. The molecule has 2 rings (SSSR count). The van der Waals surface area contributed by atoms with E-state index < -0.39 is 0 Å². The molecule has 0 fully saturated rings. The predicted octanol–water partition coefficient (Wildman–Crippen LogP) is 3.21. The van der Waals surface area contributed by atoms with Crippen LogP contribution in [0.5, 0.6) is 0 Å². The molecule has 1 aromatic carbocycles. The van der Waals surface area contributed by atoms with Crippen molar-refractivity contribution >= 4 is 5.69 Å². The molecule has 2 aromatic rings. The third-order valence-corrected chi connectivity index (χ3v) is 3.71. The maximum Gasteiger partial charge on any atom is 0.0378 e. The van der Waals surface area contributed by atoms with Gasteiger partial charge in [0.15, 0.2) is 0 Å². The lowest BCUT2D eigenvalue weighted by Gasteiger charge is -2.19. The van der Waals surface area contributed by atoms with E-state index in [1.807, 2.05) is 12.3 Å². The van der Waals surface area contributed by atoms with Gasteiger partial charge in [-0.2, -0.15) is 0 Å². The molecule has 21 heavy (non-hydrogen) atoms. The Labute approximate surface area is 127 Å². The first kappa shape index (κ1) is 15.5. The Kier molecular flexibility index (Phi) is 6.22. The summed E-state index contributed by atoms with van der Waals surface area (Å²) in [7, 11) is 0. The molecule has 3 nitrogen and oxygen atoms in total. The third-order valence-electron chi connectivity index (χ3n) is 3.71. The van der Waals surface area contributed by atoms with Crippen LogP contribution in [0, 0.1) is 0 Å². The van der Waals surface area contributed by atoms with Gasteiger partial charge >= 0.3 is 0 Å². The van der Waals surface area contributed by atoms with Crippen LogP contribution in [0.3, 0.4) is 0 Å². The molecule has 1 heterocycles. The summed E-state index contributed by atoms with van der Waals surface area (Å²) in [5.41, 5.74) is 9.40. The van der Waals surface area contributed by atoms with Crippen molar-refractivity contribution in [3.05, 3.63) is 59.9 Å². The van der Waals surface area contributed by atoms with Crippen LogP contribution in [-0.4, -0.2) is 17.6 Å². The SMILES string of the molecule is CCCNC(CCc1ccccc1)Cc1cnccc1N. The van der Waals surface area contributed by atoms with Gasteiger partial charge in [-0.05, 0) is 49.4 Å². The van der Waals surface area contributed by atoms with E-state index in [9.17, 15) is 0 Å². The number of pyridine rings is 1. The topological polar surface area (TPSA) is 50.9 Å². The zero-order valence-corrected chi connectivity index (χ0v) is 12.8. The van der Waals surface area contributed by atoms with E-state index in [2.05, 4.69) is 47.6 Å². The molecule has 3 heteroatoms. The second-order valence-electron chi connectivity index (χ2n) is 5.45. The van der Waals surface area contributed by atoms with E-state index >= 15 is 0 Å². The Morgan fingerprint density at radius 1 is 1.19 bits per heavy atom. The Balaban J connectivity index is 1.96. The molecule has 0 aliphatic rings. The van der Waals surface area contributed by atoms with Crippen LogP contribution in [0.15, 0.2) is 48.8 Å². The second kappa shape index (κ2) is 8.42. The van der Waals surface area contributed by atoms with Gasteiger partial charge in [0.2, 0.25) is 0 Å². The quantitative estimate of drug-likeness (QED) is 0.782. The molecule has 0 bridgehead atoms. The Morgan fingerprint density at radius 3 is 2.71 bits per heavy atom. The van der Waals surface area contributed by atoms with Crippen molar-refractivity contribution in [1.82, 2.24) is 10.3 Å². The monoisotopic (exact) mass is 283 g/mol. The van der Waals surface area contributed by atoms with Crippen molar-refractivity contribution in [2.45, 2.75) is 38.6 Å². The molecule has 0 aliphatic heterocycles. The molecule has 0 aliphatic carbocycles. The number of hydrogen-bond acceptors (Lipinski definition) is 3. The van der Waals surface area contributed by atoms with E-state index in [0.29, 0.717) is 6.04 Å². The number of benzene rings is 1. The number of aromatic nitrogens is 1. The molecular formula is C18H25N3. The molecule has 3 N–H and O–H groups in total. The van der Waals surface area contributed by atoms with Gasteiger partial charge in [0.1, 0.15) is 0 Å². The predicted molar refractivity (Wildman–Crippen MR) is 89.2 cm³/mol. The second-order valence-corrected chi connectivity index (χ2v) is 5.45. The van der Waals surface area contributed by atoms with Crippen LogP contribution in [0.1, 0.15) is 30.9 Å². The molecule has 0 amide bonds. The van der Waals surface area contributed by atoms with Crippen LogP contribution >= 0.6 is 0 Å². The van der Waals surface area contributed by atoms with E-state index in [-0.39, 0.29) is 0 Å². The molecule has 0 radical (unpaired) electrons. The van der Waals surface area contributed by atoms with Gasteiger partial charge in [0.05, 0.1) is 0 Å². The van der Waals surface area contributed by atoms with Crippen molar-refractivity contribution in [3.8, 4) is 0 Å². The summed E-state index contributed by atoms with van der Waals surface area (Å²) in [6, 6.07) is 13.0. The number of nitrogens with two attached hydrogens (primary N) is 1. The first-order valence-corrected chi connectivity index (χ1v) is 7.75. The smallest absolute Gasteiger partial charge is 0.0378 e. The van der Waals surface area contributed by atoms with Gasteiger partial charge in [0, 0.05) is 24.1 Å². The van der Waals surface area contributed by atoms with Crippen LogP contribution in [0.25, 0.3) is 0 Å². The van der Waals surface area contributed by atoms with Crippen LogP contribution in [0.2, 0.25) is 0 Å². The van der Waals surface area contributed by atoms with Crippen molar-refractivity contribution in [3.63, 3.8) is 0 Å². The molecule has 0 spiro atoms. The summed E-state index contributed by atoms with van der Waals surface area (Å²) in [4.78, 5) is 4.19. The standard InChI is InChI=1S/C18H25N3/c1-2-11-21-17(9-8-15-6-4-3-5-7-15)13-16-14-20-12-10-18(16)19/h3-7,10,12,14,17,21H,2,8-9,11,13H2,1H3,(H2,19,20). The minimum absolute atomic E-state index is 0.441. The van der Waals surface area contributed by atoms with Crippen molar-refractivity contribution in [2.24, 2.45) is 0 Å². The molecule has 1 atom stereocenters. The Morgan fingerprint density at radius 2 is 2.00 bits per heavy atom. The fourth-order valence-corrected chi connectivity index (χ4v) is 2.48. The van der Waals surface area contributed by atoms with E-state index in [1.165, 1.54) is 5.56 Å². The highest BCUT2D eigenvalue weighted by Gasteiger charge is 2.11. The molecule has 0 saturated carbocycles. The minimum Gasteiger partial charge on any atom is -0.398 e. The lowest BCUT2D eigenvalue weighted by Crippen LogP contribution is -2.32. The van der Waals surface area contributed by atoms with E-state index in [4.69, 9.17) is 5.73 Å². The summed E-state index contributed by atoms with van der Waals surface area (Å²) in [6.45, 7) is 3.24. The summed E-state index contributed by atoms with van der Waals surface area (Å²) in [6.07, 6.45) is 7.91. The van der Waals surface area contributed by atoms with Gasteiger partial charge < -0.3 is 11.1 Å². The zero-order valence-electron chi connectivity index (χ0n) is 12.8. The number of rotatable bonds is 8. The highest BCUT2D eigenvalue weighted by atomic mass is 14.9. The number of nitrogens with one attached hydrogen (secondary N) is 1. The van der Waals surface area contributed by atoms with Gasteiger partial charge in [-0.3, -0.25) is 4.98 Å². The molecule has 0 saturated heterocycles. The number of hydrogen-bond donors (Lipinski definition) is 2. The third kappa shape index (κ3) is 5.20. The number of aryl methyl sites for hydroxylation is 1. The number of nitrogen functional groups attached to an aromatic ring is 1. The van der Waals surface area contributed by atoms with Crippen LogP contribution < -0.4 is 11.1 Å². The highest BCUT2D eigenvalue weighted by Crippen LogP contribution is 2.14. The fraction of sp³-hybridized carbons (Fsp3) is 0.389. The van der Waals surface area contributed by atoms with Gasteiger partial charge in [0.25, 0.3) is 0 Å². The van der Waals surface area contributed by atoms with E-state index in [0.717, 1.165) is 43.5 Å². The first-order chi connectivity index (χ1) is 10.3. The normalized spacial score (nSPS) is 12.2. The van der Waals surface area contributed by atoms with Crippen LogP contribution in [0.4, 0.5) is 5.69 Å². The summed E-state index contributed by atoms with van der Waals surface area (Å²) in [5, 5.41) is 3.63. The molecule has 1 unspecified atom stereocenters. The van der Waals surface area contributed by atoms with Gasteiger partial charge in [-0.1, -0.05) is 37.3 Å². The number of anilines is 1. The minimum atomic E-state index is 0.441. The van der Waals surface area contributed by atoms with E-state index in [1.54, 1.807) is 6.20 Å². The lowest BCUT2D eigenvalue weighted by molar-refractivity contribution is 0.477. The summed E-state index contributed by atoms with van der Waals surface area (Å²) < 4.78 is 0. The van der Waals surface area contributed by atoms with Gasteiger partial charge in [-0.25, -0.2) is 0 Å². The van der Waals surface area contributed by atoms with Crippen molar-refractivity contribution in [1.29, 1.82) is 0 Å². The van der Waals surface area contributed by atoms with Gasteiger partial charge in [-0.15, -0.1) is 0 Å². The maximum atomic E-state index is 6.04. The average Bonchev–Trinajstić information content (AvgIpc) is 2.53. The molecular weight excluding hydrogens is 258 g/mol. The van der Waals surface area contributed by atoms with Crippen LogP contribution in [-0.2, 0) is 12.8 Å². The number of nitrogens with zero attached hydrogens (tertiary/aromatic N) is 1. The Hall–Kier alpha value is -1.87. The summed E-state index contributed by atoms with van der Waals surface area (Å²) in [5.74, 6) is 0. The summed E-state index contributed by atoms with van der Waals surface area (Å²) >= 11 is 0. The molecule has 1 aromatic heterocycles. The highest BCUT2D eigenvalue weighted by molar-refractivity contribution is 5.44. The largest absolute Gasteiger partial charge is 0.398 e. The maximum absolute atomic E-state index is 6.04. The molecule has 112 valence electrons.